The number of amides is 1. The van der Waals surface area contributed by atoms with E-state index in [1.54, 1.807) is 0 Å². The van der Waals surface area contributed by atoms with Crippen molar-refractivity contribution in [2.75, 3.05) is 39.4 Å². The number of benzene rings is 1. The van der Waals surface area contributed by atoms with Gasteiger partial charge in [-0.3, -0.25) is 9.69 Å². The summed E-state index contributed by atoms with van der Waals surface area (Å²) in [5, 5.41) is 9.92. The van der Waals surface area contributed by atoms with E-state index in [9.17, 15) is 9.90 Å². The predicted octanol–water partition coefficient (Wildman–Crippen LogP) is 2.51. The first kappa shape index (κ1) is 19.2. The van der Waals surface area contributed by atoms with Crippen LogP contribution >= 0.6 is 0 Å². The van der Waals surface area contributed by atoms with Gasteiger partial charge in [-0.25, -0.2) is 0 Å². The lowest BCUT2D eigenvalue weighted by atomic mass is 9.95. The van der Waals surface area contributed by atoms with Gasteiger partial charge in [0.25, 0.3) is 0 Å². The Morgan fingerprint density at radius 1 is 1.15 bits per heavy atom. The third-order valence-corrected chi connectivity index (χ3v) is 5.85. The van der Waals surface area contributed by atoms with E-state index in [1.165, 1.54) is 0 Å². The number of aromatic hydroxyl groups is 1. The average Bonchev–Trinajstić information content (AvgIpc) is 2.66. The molecule has 1 aromatic rings. The minimum Gasteiger partial charge on any atom is -0.507 e. The second-order valence-electron chi connectivity index (χ2n) is 7.89. The molecular formula is C21H32N2O3. The van der Waals surface area contributed by atoms with Gasteiger partial charge in [0.15, 0.2) is 0 Å². The summed E-state index contributed by atoms with van der Waals surface area (Å²) in [4.78, 5) is 17.4. The van der Waals surface area contributed by atoms with Gasteiger partial charge in [0.1, 0.15) is 5.75 Å². The first-order valence-corrected chi connectivity index (χ1v) is 9.85. The highest BCUT2D eigenvalue weighted by molar-refractivity contribution is 5.79. The number of ether oxygens (including phenoxy) is 1. The fourth-order valence-electron chi connectivity index (χ4n) is 4.31. The highest BCUT2D eigenvalue weighted by Gasteiger charge is 2.29. The van der Waals surface area contributed by atoms with E-state index in [4.69, 9.17) is 4.74 Å². The van der Waals surface area contributed by atoms with E-state index >= 15 is 0 Å². The van der Waals surface area contributed by atoms with Gasteiger partial charge in [-0.15, -0.1) is 0 Å². The number of likely N-dealkylation sites (tertiary alicyclic amines) is 1. The van der Waals surface area contributed by atoms with Gasteiger partial charge >= 0.3 is 0 Å². The van der Waals surface area contributed by atoms with Crippen LogP contribution in [0.25, 0.3) is 0 Å². The lowest BCUT2D eigenvalue weighted by molar-refractivity contribution is -0.136. The number of hydrogen-bond donors (Lipinski definition) is 1. The van der Waals surface area contributed by atoms with Crippen molar-refractivity contribution in [2.24, 2.45) is 5.92 Å². The van der Waals surface area contributed by atoms with Crippen molar-refractivity contribution in [1.29, 1.82) is 0 Å². The number of rotatable bonds is 4. The van der Waals surface area contributed by atoms with Crippen LogP contribution in [0.3, 0.4) is 0 Å². The zero-order valence-electron chi connectivity index (χ0n) is 16.3. The molecule has 1 aromatic carbocycles. The number of carbonyl (C=O) groups is 1. The third kappa shape index (κ3) is 4.38. The van der Waals surface area contributed by atoms with Gasteiger partial charge < -0.3 is 14.7 Å². The summed E-state index contributed by atoms with van der Waals surface area (Å²) in [7, 11) is 0. The number of nitrogens with zero attached hydrogens (tertiary/aromatic N) is 2. The van der Waals surface area contributed by atoms with E-state index in [2.05, 4.69) is 4.90 Å². The molecule has 2 aliphatic rings. The SMILES string of the molecule is Cc1cc(C[C@@H](C)C(=O)N2CCC(N3CCOCC3)CC2)cc(C)c1O. The summed E-state index contributed by atoms with van der Waals surface area (Å²) in [5.74, 6) is 0.588. The Morgan fingerprint density at radius 2 is 1.73 bits per heavy atom. The fraction of sp³-hybridized carbons (Fsp3) is 0.667. The molecule has 0 unspecified atom stereocenters. The standard InChI is InChI=1S/C21H32N2O3/c1-15-12-18(13-16(2)20(15)24)14-17(3)21(25)23-6-4-19(5-7-23)22-8-10-26-11-9-22/h12-13,17,19,24H,4-11,14H2,1-3H3/t17-/m1/s1. The van der Waals surface area contributed by atoms with Crippen LogP contribution in [0.2, 0.25) is 0 Å². The Hall–Kier alpha value is -1.59. The molecule has 5 nitrogen and oxygen atoms in total. The normalized spacial score (nSPS) is 21.0. The third-order valence-electron chi connectivity index (χ3n) is 5.85. The number of morpholine rings is 1. The molecular weight excluding hydrogens is 328 g/mol. The molecule has 1 N–H and O–H groups in total. The molecule has 0 saturated carbocycles. The number of piperidine rings is 1. The van der Waals surface area contributed by atoms with Crippen molar-refractivity contribution in [3.05, 3.63) is 28.8 Å². The highest BCUT2D eigenvalue weighted by atomic mass is 16.5. The summed E-state index contributed by atoms with van der Waals surface area (Å²) in [6, 6.07) is 4.59. The van der Waals surface area contributed by atoms with E-state index in [-0.39, 0.29) is 11.8 Å². The maximum atomic E-state index is 12.9. The van der Waals surface area contributed by atoms with Crippen molar-refractivity contribution in [3.8, 4) is 5.75 Å². The maximum Gasteiger partial charge on any atom is 0.225 e. The van der Waals surface area contributed by atoms with Crippen LogP contribution < -0.4 is 0 Å². The molecule has 0 spiro atoms. The molecule has 1 amide bonds. The molecule has 0 aromatic heterocycles. The first-order chi connectivity index (χ1) is 12.5. The zero-order chi connectivity index (χ0) is 18.7. The molecule has 26 heavy (non-hydrogen) atoms. The first-order valence-electron chi connectivity index (χ1n) is 9.85. The lowest BCUT2D eigenvalue weighted by Crippen LogP contribution is -2.50. The van der Waals surface area contributed by atoms with Gasteiger partial charge in [-0.05, 0) is 49.8 Å². The van der Waals surface area contributed by atoms with Crippen LogP contribution in [-0.4, -0.2) is 66.2 Å². The molecule has 1 atom stereocenters. The Morgan fingerprint density at radius 3 is 2.31 bits per heavy atom. The second-order valence-corrected chi connectivity index (χ2v) is 7.89. The largest absolute Gasteiger partial charge is 0.507 e. The molecule has 144 valence electrons. The number of phenols is 1. The van der Waals surface area contributed by atoms with Gasteiger partial charge in [0, 0.05) is 38.1 Å². The van der Waals surface area contributed by atoms with E-state index < -0.39 is 0 Å². The quantitative estimate of drug-likeness (QED) is 0.896. The van der Waals surface area contributed by atoms with Crippen LogP contribution in [0.4, 0.5) is 0 Å². The maximum absolute atomic E-state index is 12.9. The molecule has 2 fully saturated rings. The van der Waals surface area contributed by atoms with Crippen LogP contribution in [-0.2, 0) is 16.0 Å². The number of carbonyl (C=O) groups excluding carboxylic acids is 1. The highest BCUT2D eigenvalue weighted by Crippen LogP contribution is 2.25. The number of aryl methyl sites for hydroxylation is 2. The smallest absolute Gasteiger partial charge is 0.225 e. The predicted molar refractivity (Wildman–Crippen MR) is 102 cm³/mol. The van der Waals surface area contributed by atoms with Crippen LogP contribution in [0.5, 0.6) is 5.75 Å². The summed E-state index contributed by atoms with van der Waals surface area (Å²) in [5.41, 5.74) is 2.89. The fourth-order valence-corrected chi connectivity index (χ4v) is 4.31. The van der Waals surface area contributed by atoms with Gasteiger partial charge in [-0.1, -0.05) is 19.1 Å². The van der Waals surface area contributed by atoms with E-state index in [0.29, 0.717) is 11.8 Å². The molecule has 2 aliphatic heterocycles. The summed E-state index contributed by atoms with van der Waals surface area (Å²) in [6.45, 7) is 11.3. The molecule has 2 heterocycles. The minimum absolute atomic E-state index is 0.0294. The van der Waals surface area contributed by atoms with Crippen LogP contribution in [0.15, 0.2) is 12.1 Å². The second kappa shape index (κ2) is 8.40. The summed E-state index contributed by atoms with van der Waals surface area (Å²) in [6.07, 6.45) is 2.86. The summed E-state index contributed by atoms with van der Waals surface area (Å²) < 4.78 is 5.44. The van der Waals surface area contributed by atoms with E-state index in [0.717, 1.165) is 75.3 Å². The lowest BCUT2D eigenvalue weighted by Gasteiger charge is -2.40. The number of hydrogen-bond acceptors (Lipinski definition) is 4. The van der Waals surface area contributed by atoms with Gasteiger partial charge in [0.05, 0.1) is 13.2 Å². The Balaban J connectivity index is 1.53. The molecule has 3 rings (SSSR count). The Kier molecular flexibility index (Phi) is 6.20. The van der Waals surface area contributed by atoms with Gasteiger partial charge in [-0.2, -0.15) is 0 Å². The summed E-state index contributed by atoms with van der Waals surface area (Å²) >= 11 is 0. The van der Waals surface area contributed by atoms with Crippen molar-refractivity contribution in [3.63, 3.8) is 0 Å². The van der Waals surface area contributed by atoms with Crippen molar-refractivity contribution in [2.45, 2.75) is 46.1 Å². The Bertz CT molecular complexity index is 609. The number of phenolic OH excluding ortho intramolecular Hbond substituents is 1. The van der Waals surface area contributed by atoms with Crippen LogP contribution in [0, 0.1) is 19.8 Å². The molecule has 5 heteroatoms. The molecule has 2 saturated heterocycles. The Labute approximate surface area is 156 Å². The monoisotopic (exact) mass is 360 g/mol. The topological polar surface area (TPSA) is 53.0 Å². The average molecular weight is 360 g/mol. The molecule has 0 aliphatic carbocycles. The molecule has 0 radical (unpaired) electrons. The van der Waals surface area contributed by atoms with Crippen molar-refractivity contribution >= 4 is 5.91 Å². The molecule has 0 bridgehead atoms. The van der Waals surface area contributed by atoms with E-state index in [1.807, 2.05) is 37.8 Å². The van der Waals surface area contributed by atoms with Gasteiger partial charge in [0.2, 0.25) is 5.91 Å². The zero-order valence-corrected chi connectivity index (χ0v) is 16.3. The van der Waals surface area contributed by atoms with Crippen molar-refractivity contribution < 1.29 is 14.6 Å². The minimum atomic E-state index is -0.0294. The van der Waals surface area contributed by atoms with Crippen molar-refractivity contribution in [1.82, 2.24) is 9.80 Å². The van der Waals surface area contributed by atoms with Crippen LogP contribution in [0.1, 0.15) is 36.5 Å².